The van der Waals surface area contributed by atoms with E-state index in [4.69, 9.17) is 21.9 Å². The van der Waals surface area contributed by atoms with E-state index in [1.807, 2.05) is 17.0 Å². The van der Waals surface area contributed by atoms with Gasteiger partial charge in [-0.25, -0.2) is 0 Å². The molecule has 118 valence electrons. The number of nitrogens with two attached hydrogens (primary N) is 1. The van der Waals surface area contributed by atoms with Crippen LogP contribution in [-0.4, -0.2) is 35.6 Å². The van der Waals surface area contributed by atoms with Gasteiger partial charge in [-0.15, -0.1) is 12.4 Å². The average Bonchev–Trinajstić information content (AvgIpc) is 3.16. The van der Waals surface area contributed by atoms with Crippen LogP contribution >= 0.6 is 24.0 Å². The summed E-state index contributed by atoms with van der Waals surface area (Å²) in [6.07, 6.45) is 2.35. The minimum Gasteiger partial charge on any atom is -0.363 e. The van der Waals surface area contributed by atoms with E-state index in [2.05, 4.69) is 5.16 Å². The van der Waals surface area contributed by atoms with Crippen molar-refractivity contribution >= 4 is 29.9 Å². The predicted octanol–water partition coefficient (Wildman–Crippen LogP) is 2.84. The monoisotopic (exact) mass is 341 g/mol. The molecule has 1 aromatic heterocycles. The number of hydrogen-bond acceptors (Lipinski definition) is 4. The van der Waals surface area contributed by atoms with Gasteiger partial charge in [-0.2, -0.15) is 0 Å². The third-order valence-electron chi connectivity index (χ3n) is 3.82. The second-order valence-corrected chi connectivity index (χ2v) is 5.66. The first kappa shape index (κ1) is 16.8. The van der Waals surface area contributed by atoms with E-state index in [-0.39, 0.29) is 18.3 Å². The highest BCUT2D eigenvalue weighted by atomic mass is 35.5. The Morgan fingerprint density at radius 1 is 1.41 bits per heavy atom. The van der Waals surface area contributed by atoms with Crippen molar-refractivity contribution in [3.05, 3.63) is 41.1 Å². The highest BCUT2D eigenvalue weighted by Gasteiger charge is 2.29. The van der Waals surface area contributed by atoms with Crippen LogP contribution in [0.5, 0.6) is 0 Å². The molecule has 2 aromatic rings. The average molecular weight is 342 g/mol. The highest BCUT2D eigenvalue weighted by Crippen LogP contribution is 2.26. The molecule has 1 amide bonds. The van der Waals surface area contributed by atoms with Crippen LogP contribution in [-0.2, 0) is 0 Å². The van der Waals surface area contributed by atoms with Crippen molar-refractivity contribution in [2.24, 2.45) is 11.7 Å². The summed E-state index contributed by atoms with van der Waals surface area (Å²) in [4.78, 5) is 14.4. The molecule has 2 heterocycles. The van der Waals surface area contributed by atoms with Crippen LogP contribution in [0.1, 0.15) is 16.8 Å². The molecular formula is C15H17Cl2N3O2. The molecule has 0 aliphatic carbocycles. The van der Waals surface area contributed by atoms with Gasteiger partial charge in [0.2, 0.25) is 0 Å². The van der Waals surface area contributed by atoms with Crippen molar-refractivity contribution in [3.8, 4) is 11.3 Å². The van der Waals surface area contributed by atoms with Gasteiger partial charge in [0.15, 0.2) is 0 Å². The molecule has 1 saturated heterocycles. The fraction of sp³-hybridized carbons (Fsp3) is 0.333. The second-order valence-electron chi connectivity index (χ2n) is 5.23. The van der Waals surface area contributed by atoms with Gasteiger partial charge in [-0.05, 0) is 31.0 Å². The molecule has 3 rings (SSSR count). The first-order valence-corrected chi connectivity index (χ1v) is 7.26. The Labute approximate surface area is 139 Å². The molecule has 22 heavy (non-hydrogen) atoms. The summed E-state index contributed by atoms with van der Waals surface area (Å²) in [5.41, 5.74) is 7.51. The summed E-state index contributed by atoms with van der Waals surface area (Å²) < 4.78 is 5.01. The van der Waals surface area contributed by atoms with Crippen molar-refractivity contribution in [1.82, 2.24) is 10.1 Å². The van der Waals surface area contributed by atoms with Crippen molar-refractivity contribution in [1.29, 1.82) is 0 Å². The molecule has 1 aromatic carbocycles. The van der Waals surface area contributed by atoms with Crippen molar-refractivity contribution in [2.75, 3.05) is 19.6 Å². The number of benzene rings is 1. The van der Waals surface area contributed by atoms with Crippen LogP contribution in [0.3, 0.4) is 0 Å². The van der Waals surface area contributed by atoms with Gasteiger partial charge in [0.05, 0.1) is 0 Å². The smallest absolute Gasteiger partial charge is 0.259 e. The maximum Gasteiger partial charge on any atom is 0.259 e. The van der Waals surface area contributed by atoms with E-state index in [9.17, 15) is 4.79 Å². The van der Waals surface area contributed by atoms with Crippen molar-refractivity contribution in [3.63, 3.8) is 0 Å². The van der Waals surface area contributed by atoms with Gasteiger partial charge in [-0.3, -0.25) is 4.79 Å². The Bertz CT molecular complexity index is 642. The standard InChI is InChI=1S/C15H16ClN3O2.ClH/c16-12-3-1-11(2-4-12)14-13(9-21-18-14)15(20)19-6-5-10(7-17)8-19;/h1-4,9-10H,5-8,17H2;1H. The third-order valence-corrected chi connectivity index (χ3v) is 4.08. The Morgan fingerprint density at radius 2 is 2.14 bits per heavy atom. The van der Waals surface area contributed by atoms with Gasteiger partial charge in [-0.1, -0.05) is 28.9 Å². The molecule has 0 saturated carbocycles. The summed E-state index contributed by atoms with van der Waals surface area (Å²) >= 11 is 5.88. The van der Waals surface area contributed by atoms with Gasteiger partial charge >= 0.3 is 0 Å². The number of hydrogen-bond donors (Lipinski definition) is 1. The SMILES string of the molecule is Cl.NCC1CCN(C(=O)c2conc2-c2ccc(Cl)cc2)C1. The molecule has 0 bridgehead atoms. The zero-order chi connectivity index (χ0) is 14.8. The summed E-state index contributed by atoms with van der Waals surface area (Å²) in [5.74, 6) is 0.324. The lowest BCUT2D eigenvalue weighted by Crippen LogP contribution is -2.29. The van der Waals surface area contributed by atoms with Crippen LogP contribution in [0.2, 0.25) is 5.02 Å². The number of aromatic nitrogens is 1. The lowest BCUT2D eigenvalue weighted by Gasteiger charge is -2.15. The number of carbonyl (C=O) groups excluding carboxylic acids is 1. The minimum atomic E-state index is -0.0582. The second kappa shape index (κ2) is 7.13. The van der Waals surface area contributed by atoms with E-state index in [1.165, 1.54) is 6.26 Å². The first-order chi connectivity index (χ1) is 10.2. The highest BCUT2D eigenvalue weighted by molar-refractivity contribution is 6.30. The number of halogens is 2. The van der Waals surface area contributed by atoms with Crippen LogP contribution in [0, 0.1) is 5.92 Å². The van der Waals surface area contributed by atoms with Crippen LogP contribution in [0.4, 0.5) is 0 Å². The summed E-state index contributed by atoms with van der Waals surface area (Å²) in [5, 5.41) is 4.60. The molecular weight excluding hydrogens is 325 g/mol. The largest absolute Gasteiger partial charge is 0.363 e. The van der Waals surface area contributed by atoms with Crippen LogP contribution in [0.25, 0.3) is 11.3 Å². The van der Waals surface area contributed by atoms with E-state index < -0.39 is 0 Å². The van der Waals surface area contributed by atoms with Crippen molar-refractivity contribution < 1.29 is 9.32 Å². The molecule has 5 nitrogen and oxygen atoms in total. The molecule has 1 aliphatic rings. The molecule has 1 aliphatic heterocycles. The molecule has 1 atom stereocenters. The molecule has 1 fully saturated rings. The number of likely N-dealkylation sites (tertiary alicyclic amines) is 1. The number of nitrogens with zero attached hydrogens (tertiary/aromatic N) is 2. The molecule has 1 unspecified atom stereocenters. The number of carbonyl (C=O) groups is 1. The quantitative estimate of drug-likeness (QED) is 0.931. The predicted molar refractivity (Wildman–Crippen MR) is 87.3 cm³/mol. The zero-order valence-corrected chi connectivity index (χ0v) is 13.4. The molecule has 0 spiro atoms. The fourth-order valence-electron chi connectivity index (χ4n) is 2.58. The van der Waals surface area contributed by atoms with E-state index in [0.29, 0.717) is 35.3 Å². The molecule has 0 radical (unpaired) electrons. The zero-order valence-electron chi connectivity index (χ0n) is 11.9. The molecule has 2 N–H and O–H groups in total. The first-order valence-electron chi connectivity index (χ1n) is 6.88. The minimum absolute atomic E-state index is 0. The van der Waals surface area contributed by atoms with Crippen LogP contribution in [0.15, 0.2) is 35.1 Å². The Balaban J connectivity index is 0.00000176. The maximum atomic E-state index is 12.6. The molecule has 7 heteroatoms. The lowest BCUT2D eigenvalue weighted by molar-refractivity contribution is 0.0787. The summed E-state index contributed by atoms with van der Waals surface area (Å²) in [7, 11) is 0. The maximum absolute atomic E-state index is 12.6. The van der Waals surface area contributed by atoms with Gasteiger partial charge in [0, 0.05) is 23.7 Å². The summed E-state index contributed by atoms with van der Waals surface area (Å²) in [6, 6.07) is 7.17. The van der Waals surface area contributed by atoms with Gasteiger partial charge in [0.25, 0.3) is 5.91 Å². The van der Waals surface area contributed by atoms with Gasteiger partial charge in [0.1, 0.15) is 17.5 Å². The Kier molecular flexibility index (Phi) is 5.45. The lowest BCUT2D eigenvalue weighted by atomic mass is 10.1. The normalized spacial score (nSPS) is 17.4. The fourth-order valence-corrected chi connectivity index (χ4v) is 2.71. The van der Waals surface area contributed by atoms with E-state index in [1.54, 1.807) is 12.1 Å². The Morgan fingerprint density at radius 3 is 2.77 bits per heavy atom. The van der Waals surface area contributed by atoms with Crippen molar-refractivity contribution in [2.45, 2.75) is 6.42 Å². The topological polar surface area (TPSA) is 72.4 Å². The van der Waals surface area contributed by atoms with Gasteiger partial charge < -0.3 is 15.2 Å². The van der Waals surface area contributed by atoms with Crippen LogP contribution < -0.4 is 5.73 Å². The number of rotatable bonds is 3. The van der Waals surface area contributed by atoms with E-state index in [0.717, 1.165) is 18.5 Å². The Hall–Kier alpha value is -1.56. The van der Waals surface area contributed by atoms with E-state index >= 15 is 0 Å². The third kappa shape index (κ3) is 3.27. The summed E-state index contributed by atoms with van der Waals surface area (Å²) in [6.45, 7) is 2.03. The number of amides is 1.